The SMILES string of the molecule is CCS(=O)(=O)Nc1ccc(NC(=O)c2cc(S(=O)(=O)Nc3ccc(F)cc3)ccc2C)cc1. The molecule has 0 atom stereocenters. The van der Waals surface area contributed by atoms with Crippen molar-refractivity contribution in [3.63, 3.8) is 0 Å². The van der Waals surface area contributed by atoms with Crippen molar-refractivity contribution in [2.75, 3.05) is 20.5 Å². The van der Waals surface area contributed by atoms with Gasteiger partial charge in [-0.3, -0.25) is 14.2 Å². The molecule has 3 aromatic rings. The second-order valence-electron chi connectivity index (χ2n) is 7.13. The summed E-state index contributed by atoms with van der Waals surface area (Å²) in [6.07, 6.45) is 0. The third-order valence-corrected chi connectivity index (χ3v) is 7.34. The Morgan fingerprint density at radius 1 is 0.818 bits per heavy atom. The van der Waals surface area contributed by atoms with Crippen LogP contribution in [0.1, 0.15) is 22.8 Å². The summed E-state index contributed by atoms with van der Waals surface area (Å²) in [6, 6.07) is 15.0. The van der Waals surface area contributed by atoms with Gasteiger partial charge in [0.15, 0.2) is 0 Å². The van der Waals surface area contributed by atoms with E-state index < -0.39 is 31.8 Å². The Hall–Kier alpha value is -3.44. The summed E-state index contributed by atoms with van der Waals surface area (Å²) in [5.74, 6) is -1.10. The van der Waals surface area contributed by atoms with E-state index in [4.69, 9.17) is 0 Å². The molecule has 11 heteroatoms. The van der Waals surface area contributed by atoms with Gasteiger partial charge in [-0.25, -0.2) is 21.2 Å². The summed E-state index contributed by atoms with van der Waals surface area (Å²) in [5.41, 5.74) is 1.64. The smallest absolute Gasteiger partial charge is 0.261 e. The number of rotatable bonds is 8. The van der Waals surface area contributed by atoms with Crippen LogP contribution in [0.25, 0.3) is 0 Å². The van der Waals surface area contributed by atoms with Crippen molar-refractivity contribution < 1.29 is 26.0 Å². The number of anilines is 3. The third-order valence-electron chi connectivity index (χ3n) is 4.66. The highest BCUT2D eigenvalue weighted by Gasteiger charge is 2.19. The number of carbonyl (C=O) groups is 1. The van der Waals surface area contributed by atoms with E-state index in [1.54, 1.807) is 6.92 Å². The first kappa shape index (κ1) is 24.2. The Labute approximate surface area is 192 Å². The zero-order valence-corrected chi connectivity index (χ0v) is 19.4. The predicted molar refractivity (Wildman–Crippen MR) is 126 cm³/mol. The zero-order valence-electron chi connectivity index (χ0n) is 17.8. The molecule has 0 spiro atoms. The lowest BCUT2D eigenvalue weighted by atomic mass is 10.1. The number of carbonyl (C=O) groups excluding carboxylic acids is 1. The zero-order chi connectivity index (χ0) is 24.2. The van der Waals surface area contributed by atoms with E-state index in [-0.39, 0.29) is 21.9 Å². The number of hydrogen-bond acceptors (Lipinski definition) is 5. The molecular weight excluding hydrogens is 469 g/mol. The Morgan fingerprint density at radius 3 is 1.97 bits per heavy atom. The van der Waals surface area contributed by atoms with Gasteiger partial charge in [0.2, 0.25) is 10.0 Å². The normalized spacial score (nSPS) is 11.6. The van der Waals surface area contributed by atoms with Gasteiger partial charge in [0.1, 0.15) is 5.82 Å². The highest BCUT2D eigenvalue weighted by Crippen LogP contribution is 2.21. The van der Waals surface area contributed by atoms with Gasteiger partial charge in [-0.05, 0) is 80.1 Å². The highest BCUT2D eigenvalue weighted by atomic mass is 32.2. The molecular formula is C22H22FN3O5S2. The maximum Gasteiger partial charge on any atom is 0.261 e. The average molecular weight is 492 g/mol. The van der Waals surface area contributed by atoms with Crippen LogP contribution in [-0.2, 0) is 20.0 Å². The molecule has 0 saturated carbocycles. The van der Waals surface area contributed by atoms with Gasteiger partial charge in [-0.2, -0.15) is 0 Å². The van der Waals surface area contributed by atoms with Crippen molar-refractivity contribution in [3.8, 4) is 0 Å². The van der Waals surface area contributed by atoms with Crippen LogP contribution in [0.2, 0.25) is 0 Å². The van der Waals surface area contributed by atoms with E-state index >= 15 is 0 Å². The van der Waals surface area contributed by atoms with Gasteiger partial charge in [0.05, 0.1) is 10.6 Å². The molecule has 33 heavy (non-hydrogen) atoms. The van der Waals surface area contributed by atoms with E-state index in [0.29, 0.717) is 16.9 Å². The van der Waals surface area contributed by atoms with E-state index in [0.717, 1.165) is 12.1 Å². The fourth-order valence-corrected chi connectivity index (χ4v) is 4.54. The monoisotopic (exact) mass is 491 g/mol. The van der Waals surface area contributed by atoms with Crippen LogP contribution in [0.15, 0.2) is 71.6 Å². The van der Waals surface area contributed by atoms with E-state index in [1.807, 2.05) is 0 Å². The molecule has 3 N–H and O–H groups in total. The summed E-state index contributed by atoms with van der Waals surface area (Å²) < 4.78 is 66.5. The van der Waals surface area contributed by atoms with Crippen LogP contribution < -0.4 is 14.8 Å². The molecule has 0 radical (unpaired) electrons. The molecule has 0 aliphatic heterocycles. The maximum absolute atomic E-state index is 13.1. The number of aryl methyl sites for hydroxylation is 1. The first-order valence-electron chi connectivity index (χ1n) is 9.80. The van der Waals surface area contributed by atoms with E-state index in [2.05, 4.69) is 14.8 Å². The lowest BCUT2D eigenvalue weighted by molar-refractivity contribution is 0.102. The molecule has 174 valence electrons. The molecule has 0 aromatic heterocycles. The van der Waals surface area contributed by atoms with Crippen LogP contribution in [0, 0.1) is 12.7 Å². The Morgan fingerprint density at radius 2 is 1.36 bits per heavy atom. The molecule has 1 amide bonds. The van der Waals surface area contributed by atoms with Crippen LogP contribution in [-0.4, -0.2) is 28.5 Å². The quantitative estimate of drug-likeness (QED) is 0.441. The Kier molecular flexibility index (Phi) is 7.04. The number of sulfonamides is 2. The first-order chi connectivity index (χ1) is 15.5. The molecule has 0 unspecified atom stereocenters. The third kappa shape index (κ3) is 6.30. The van der Waals surface area contributed by atoms with Gasteiger partial charge >= 0.3 is 0 Å². The number of amides is 1. The standard InChI is InChI=1S/C22H22FN3O5S2/c1-3-32(28,29)25-18-11-9-17(10-12-18)24-22(27)21-14-20(13-4-15(21)2)33(30,31)26-19-7-5-16(23)6-8-19/h4-14,25-26H,3H2,1-2H3,(H,24,27). The highest BCUT2D eigenvalue weighted by molar-refractivity contribution is 7.93. The van der Waals surface area contributed by atoms with Gasteiger partial charge in [0.25, 0.3) is 15.9 Å². The molecule has 0 saturated heterocycles. The molecule has 3 aromatic carbocycles. The fraction of sp³-hybridized carbons (Fsp3) is 0.136. The summed E-state index contributed by atoms with van der Waals surface area (Å²) >= 11 is 0. The van der Waals surface area contributed by atoms with Crippen molar-refractivity contribution >= 4 is 43.0 Å². The Bertz CT molecular complexity index is 1370. The van der Waals surface area contributed by atoms with Crippen LogP contribution >= 0.6 is 0 Å². The fourth-order valence-electron chi connectivity index (χ4n) is 2.82. The molecule has 0 aliphatic rings. The number of halogens is 1. The van der Waals surface area contributed by atoms with Gasteiger partial charge in [-0.15, -0.1) is 0 Å². The van der Waals surface area contributed by atoms with Crippen LogP contribution in [0.4, 0.5) is 21.5 Å². The Balaban J connectivity index is 1.78. The molecule has 3 rings (SSSR count). The maximum atomic E-state index is 13.1. The van der Waals surface area contributed by atoms with E-state index in [9.17, 15) is 26.0 Å². The largest absolute Gasteiger partial charge is 0.322 e. The van der Waals surface area contributed by atoms with Crippen molar-refractivity contribution in [2.24, 2.45) is 0 Å². The van der Waals surface area contributed by atoms with Gasteiger partial charge < -0.3 is 5.32 Å². The second-order valence-corrected chi connectivity index (χ2v) is 10.8. The number of benzene rings is 3. The minimum absolute atomic E-state index is 0.0694. The minimum atomic E-state index is -4.01. The topological polar surface area (TPSA) is 121 Å². The van der Waals surface area contributed by atoms with E-state index in [1.165, 1.54) is 61.5 Å². The van der Waals surface area contributed by atoms with Crippen LogP contribution in [0.5, 0.6) is 0 Å². The first-order valence-corrected chi connectivity index (χ1v) is 12.9. The van der Waals surface area contributed by atoms with Crippen molar-refractivity contribution in [3.05, 3.63) is 83.7 Å². The lowest BCUT2D eigenvalue weighted by Crippen LogP contribution is -2.17. The predicted octanol–water partition coefficient (Wildman–Crippen LogP) is 3.95. The van der Waals surface area contributed by atoms with Crippen molar-refractivity contribution in [1.82, 2.24) is 0 Å². The molecule has 0 bridgehead atoms. The van der Waals surface area contributed by atoms with Gasteiger partial charge in [-0.1, -0.05) is 6.07 Å². The lowest BCUT2D eigenvalue weighted by Gasteiger charge is -2.12. The summed E-state index contributed by atoms with van der Waals surface area (Å²) in [4.78, 5) is 12.7. The molecule has 8 nitrogen and oxygen atoms in total. The number of hydrogen-bond donors (Lipinski definition) is 3. The second kappa shape index (κ2) is 9.59. The minimum Gasteiger partial charge on any atom is -0.322 e. The molecule has 0 aliphatic carbocycles. The average Bonchev–Trinajstić information content (AvgIpc) is 2.76. The van der Waals surface area contributed by atoms with Crippen LogP contribution in [0.3, 0.4) is 0 Å². The summed E-state index contributed by atoms with van der Waals surface area (Å²) in [5, 5.41) is 2.66. The van der Waals surface area contributed by atoms with Crippen molar-refractivity contribution in [1.29, 1.82) is 0 Å². The van der Waals surface area contributed by atoms with Crippen molar-refractivity contribution in [2.45, 2.75) is 18.7 Å². The molecule has 0 fully saturated rings. The number of nitrogens with one attached hydrogen (secondary N) is 3. The molecule has 0 heterocycles. The van der Waals surface area contributed by atoms with Gasteiger partial charge in [0, 0.05) is 22.6 Å². The summed E-state index contributed by atoms with van der Waals surface area (Å²) in [6.45, 7) is 3.18. The summed E-state index contributed by atoms with van der Waals surface area (Å²) in [7, 11) is -7.43.